The summed E-state index contributed by atoms with van der Waals surface area (Å²) in [6.45, 7) is 5.45. The lowest BCUT2D eigenvalue weighted by molar-refractivity contribution is 1.21. The van der Waals surface area contributed by atoms with Crippen molar-refractivity contribution in [2.45, 2.75) is 6.92 Å². The highest BCUT2D eigenvalue weighted by Gasteiger charge is 1.96. The SMILES string of the molecule is C=C/C=C(\C=C/C)N([O-])c1ccccc1. The van der Waals surface area contributed by atoms with Crippen molar-refractivity contribution in [2.75, 3.05) is 5.06 Å². The van der Waals surface area contributed by atoms with Crippen LogP contribution < -0.4 is 5.06 Å². The van der Waals surface area contributed by atoms with E-state index in [4.69, 9.17) is 0 Å². The molecule has 78 valence electrons. The van der Waals surface area contributed by atoms with Crippen LogP contribution in [0.15, 0.2) is 66.9 Å². The second kappa shape index (κ2) is 5.83. The molecule has 0 saturated carbocycles. The van der Waals surface area contributed by atoms with Gasteiger partial charge in [0.1, 0.15) is 0 Å². The first-order valence-electron chi connectivity index (χ1n) is 4.77. The van der Waals surface area contributed by atoms with Gasteiger partial charge in [-0.1, -0.05) is 36.9 Å². The van der Waals surface area contributed by atoms with Crippen molar-refractivity contribution >= 4 is 5.69 Å². The third-order valence-corrected chi connectivity index (χ3v) is 1.85. The lowest BCUT2D eigenvalue weighted by Crippen LogP contribution is -2.12. The molecule has 2 heteroatoms. The van der Waals surface area contributed by atoms with Crippen LogP contribution in [0.3, 0.4) is 0 Å². The van der Waals surface area contributed by atoms with E-state index in [1.807, 2.05) is 31.2 Å². The number of hydroxylamine groups is 1. The van der Waals surface area contributed by atoms with E-state index >= 15 is 0 Å². The van der Waals surface area contributed by atoms with Gasteiger partial charge >= 0.3 is 0 Å². The largest absolute Gasteiger partial charge is 0.754 e. The highest BCUT2D eigenvalue weighted by atomic mass is 16.5. The third-order valence-electron chi connectivity index (χ3n) is 1.85. The molecule has 1 aromatic rings. The number of para-hydroxylation sites is 1. The Morgan fingerprint density at radius 2 is 2.00 bits per heavy atom. The van der Waals surface area contributed by atoms with Crippen LogP contribution in [0.4, 0.5) is 5.69 Å². The van der Waals surface area contributed by atoms with E-state index in [1.54, 1.807) is 30.4 Å². The van der Waals surface area contributed by atoms with Gasteiger partial charge in [0.15, 0.2) is 0 Å². The van der Waals surface area contributed by atoms with Crippen molar-refractivity contribution in [1.29, 1.82) is 0 Å². The molecule has 0 amide bonds. The van der Waals surface area contributed by atoms with Gasteiger partial charge in [0.05, 0.1) is 0 Å². The lowest BCUT2D eigenvalue weighted by atomic mass is 10.2. The molecule has 0 fully saturated rings. The molecule has 0 aromatic heterocycles. The Labute approximate surface area is 90.4 Å². The molecule has 0 aliphatic rings. The maximum absolute atomic E-state index is 11.9. The summed E-state index contributed by atoms with van der Waals surface area (Å²) in [4.78, 5) is 0. The summed E-state index contributed by atoms with van der Waals surface area (Å²) in [7, 11) is 0. The van der Waals surface area contributed by atoms with E-state index in [0.717, 1.165) is 5.06 Å². The minimum atomic E-state index is 0.568. The summed E-state index contributed by atoms with van der Waals surface area (Å²) < 4.78 is 0. The number of hydrogen-bond donors (Lipinski definition) is 0. The number of benzene rings is 1. The van der Waals surface area contributed by atoms with E-state index in [1.165, 1.54) is 0 Å². The maximum Gasteiger partial charge on any atom is 0.0303 e. The Bertz CT molecular complexity index is 365. The molecular formula is C13H14NO-. The summed E-state index contributed by atoms with van der Waals surface area (Å²) in [6.07, 6.45) is 6.86. The van der Waals surface area contributed by atoms with Crippen molar-refractivity contribution < 1.29 is 0 Å². The van der Waals surface area contributed by atoms with Crippen molar-refractivity contribution in [3.63, 3.8) is 0 Å². The highest BCUT2D eigenvalue weighted by molar-refractivity contribution is 5.55. The smallest absolute Gasteiger partial charge is 0.0303 e. The fourth-order valence-electron chi connectivity index (χ4n) is 1.19. The van der Waals surface area contributed by atoms with Gasteiger partial charge in [0.25, 0.3) is 0 Å². The molecule has 1 rings (SSSR count). The van der Waals surface area contributed by atoms with Crippen LogP contribution in [-0.2, 0) is 0 Å². The van der Waals surface area contributed by atoms with E-state index < -0.39 is 0 Å². The topological polar surface area (TPSA) is 26.3 Å². The van der Waals surface area contributed by atoms with Crippen LogP contribution in [0.1, 0.15) is 6.92 Å². The van der Waals surface area contributed by atoms with Crippen molar-refractivity contribution in [3.05, 3.63) is 72.1 Å². The molecule has 0 spiro atoms. The number of anilines is 1. The van der Waals surface area contributed by atoms with Crippen molar-refractivity contribution in [3.8, 4) is 0 Å². The zero-order chi connectivity index (χ0) is 11.1. The van der Waals surface area contributed by atoms with Gasteiger partial charge < -0.3 is 10.3 Å². The maximum atomic E-state index is 11.9. The Balaban J connectivity index is 2.96. The highest BCUT2D eigenvalue weighted by Crippen LogP contribution is 2.18. The molecule has 15 heavy (non-hydrogen) atoms. The summed E-state index contributed by atoms with van der Waals surface area (Å²) in [5.41, 5.74) is 1.18. The third kappa shape index (κ3) is 3.11. The monoisotopic (exact) mass is 200 g/mol. The Hall–Kier alpha value is -1.80. The van der Waals surface area contributed by atoms with Crippen LogP contribution in [0.5, 0.6) is 0 Å². The van der Waals surface area contributed by atoms with Crippen LogP contribution >= 0.6 is 0 Å². The van der Waals surface area contributed by atoms with Gasteiger partial charge in [-0.2, -0.15) is 0 Å². The van der Waals surface area contributed by atoms with Gasteiger partial charge in [0.2, 0.25) is 0 Å². The summed E-state index contributed by atoms with van der Waals surface area (Å²) in [5, 5.41) is 12.8. The van der Waals surface area contributed by atoms with E-state index in [9.17, 15) is 5.21 Å². The average molecular weight is 200 g/mol. The van der Waals surface area contributed by atoms with Gasteiger partial charge in [0, 0.05) is 11.4 Å². The molecule has 2 nitrogen and oxygen atoms in total. The van der Waals surface area contributed by atoms with E-state index in [0.29, 0.717) is 11.4 Å². The van der Waals surface area contributed by atoms with Gasteiger partial charge in [-0.05, 0) is 31.2 Å². The quantitative estimate of drug-likeness (QED) is 0.548. The Morgan fingerprint density at radius 3 is 2.53 bits per heavy atom. The molecule has 0 heterocycles. The summed E-state index contributed by atoms with van der Waals surface area (Å²) >= 11 is 0. The molecule has 0 radical (unpaired) electrons. The second-order valence-electron chi connectivity index (χ2n) is 2.96. The fraction of sp³-hybridized carbons (Fsp3) is 0.0769. The average Bonchev–Trinajstić information content (AvgIpc) is 2.29. The molecule has 0 atom stereocenters. The van der Waals surface area contributed by atoms with Crippen LogP contribution in [-0.4, -0.2) is 0 Å². The number of allylic oxidation sites excluding steroid dienone is 4. The predicted molar refractivity (Wildman–Crippen MR) is 65.4 cm³/mol. The zero-order valence-electron chi connectivity index (χ0n) is 8.76. The van der Waals surface area contributed by atoms with Crippen molar-refractivity contribution in [2.24, 2.45) is 0 Å². The molecule has 0 saturated heterocycles. The zero-order valence-corrected chi connectivity index (χ0v) is 8.76. The predicted octanol–water partition coefficient (Wildman–Crippen LogP) is 3.64. The van der Waals surface area contributed by atoms with Crippen LogP contribution in [0, 0.1) is 5.21 Å². The minimum Gasteiger partial charge on any atom is -0.754 e. The van der Waals surface area contributed by atoms with Crippen LogP contribution in [0.25, 0.3) is 0 Å². The standard InChI is InChI=1S/C13H14NO/c1-3-8-12(9-4-2)14(15)13-10-6-5-7-11-13/h3-11H,1H2,2H3/q-1/b9-4-,12-8+. The van der Waals surface area contributed by atoms with E-state index in [2.05, 4.69) is 6.58 Å². The molecule has 1 aromatic carbocycles. The summed E-state index contributed by atoms with van der Waals surface area (Å²) in [6, 6.07) is 9.09. The normalized spacial score (nSPS) is 11.7. The first kappa shape index (κ1) is 11.3. The van der Waals surface area contributed by atoms with Crippen molar-refractivity contribution in [1.82, 2.24) is 0 Å². The first-order valence-corrected chi connectivity index (χ1v) is 4.77. The molecule has 0 unspecified atom stereocenters. The molecular weight excluding hydrogens is 186 g/mol. The molecule has 0 aliphatic heterocycles. The molecule has 0 aliphatic carbocycles. The van der Waals surface area contributed by atoms with Gasteiger partial charge in [-0.25, -0.2) is 0 Å². The minimum absolute atomic E-state index is 0.568. The fourth-order valence-corrected chi connectivity index (χ4v) is 1.19. The number of rotatable bonds is 4. The first-order chi connectivity index (χ1) is 7.29. The van der Waals surface area contributed by atoms with E-state index in [-0.39, 0.29) is 0 Å². The number of hydrogen-bond acceptors (Lipinski definition) is 2. The summed E-state index contributed by atoms with van der Waals surface area (Å²) in [5.74, 6) is 0. The Morgan fingerprint density at radius 1 is 1.33 bits per heavy atom. The molecule has 0 N–H and O–H groups in total. The Kier molecular flexibility index (Phi) is 4.38. The second-order valence-corrected chi connectivity index (χ2v) is 2.96. The molecule has 0 bridgehead atoms. The van der Waals surface area contributed by atoms with Gasteiger partial charge in [-0.3, -0.25) is 0 Å². The lowest BCUT2D eigenvalue weighted by Gasteiger charge is -2.31. The number of nitrogens with zero attached hydrogens (tertiary/aromatic N) is 1. The van der Waals surface area contributed by atoms with Gasteiger partial charge in [-0.15, -0.1) is 0 Å². The van der Waals surface area contributed by atoms with Crippen LogP contribution in [0.2, 0.25) is 0 Å².